The van der Waals surface area contributed by atoms with Gasteiger partial charge in [-0.1, -0.05) is 12.1 Å². The Bertz CT molecular complexity index is 1140. The maximum Gasteiger partial charge on any atom is 0.146 e. The van der Waals surface area contributed by atoms with E-state index in [1.54, 1.807) is 6.33 Å². The zero-order chi connectivity index (χ0) is 22.4. The summed E-state index contributed by atoms with van der Waals surface area (Å²) in [4.78, 5) is 8.94. The summed E-state index contributed by atoms with van der Waals surface area (Å²) in [6.45, 7) is 1.39. The third kappa shape index (κ3) is 3.77. The van der Waals surface area contributed by atoms with Crippen molar-refractivity contribution in [2.45, 2.75) is 69.1 Å². The van der Waals surface area contributed by atoms with Crippen LogP contribution in [-0.2, 0) is 4.74 Å². The van der Waals surface area contributed by atoms with Crippen LogP contribution < -0.4 is 16.2 Å². The molecule has 0 unspecified atom stereocenters. The number of nitrogens with two attached hydrogens (primary N) is 2. The third-order valence-electron chi connectivity index (χ3n) is 8.09. The molecular weight excluding hydrogens is 414 g/mol. The number of benzene rings is 1. The third-order valence-corrected chi connectivity index (χ3v) is 8.09. The van der Waals surface area contributed by atoms with Crippen LogP contribution >= 0.6 is 0 Å². The van der Waals surface area contributed by atoms with Crippen molar-refractivity contribution in [3.05, 3.63) is 36.8 Å². The van der Waals surface area contributed by atoms with Crippen molar-refractivity contribution in [3.63, 3.8) is 0 Å². The summed E-state index contributed by atoms with van der Waals surface area (Å²) in [5.74, 6) is 2.01. The van der Waals surface area contributed by atoms with Crippen molar-refractivity contribution >= 4 is 16.9 Å². The number of ether oxygens (including phenoxy) is 2. The minimum atomic E-state index is -0.0860. The second-order valence-corrected chi connectivity index (χ2v) is 10.1. The number of nitrogen functional groups attached to an aromatic ring is 1. The van der Waals surface area contributed by atoms with E-state index in [1.165, 1.54) is 0 Å². The molecule has 0 atom stereocenters. The number of aromatic nitrogens is 3. The second-order valence-electron chi connectivity index (χ2n) is 10.1. The number of fused-ring (bicyclic) bond motifs is 3. The van der Waals surface area contributed by atoms with Crippen molar-refractivity contribution in [3.8, 4) is 16.9 Å². The molecule has 6 rings (SSSR count). The first-order valence-corrected chi connectivity index (χ1v) is 12.4. The van der Waals surface area contributed by atoms with Gasteiger partial charge in [-0.25, -0.2) is 9.97 Å². The maximum absolute atomic E-state index is 6.37. The summed E-state index contributed by atoms with van der Waals surface area (Å²) in [6.07, 6.45) is 13.3. The largest absolute Gasteiger partial charge is 0.491 e. The zero-order valence-electron chi connectivity index (χ0n) is 19.1. The van der Waals surface area contributed by atoms with Crippen molar-refractivity contribution in [1.82, 2.24) is 14.5 Å². The predicted octanol–water partition coefficient (Wildman–Crippen LogP) is 4.46. The molecule has 2 aromatic heterocycles. The van der Waals surface area contributed by atoms with Crippen LogP contribution in [0.15, 0.2) is 36.8 Å². The minimum absolute atomic E-state index is 0.0860. The lowest BCUT2D eigenvalue weighted by molar-refractivity contribution is -0.0198. The number of nitrogens with zero attached hydrogens (tertiary/aromatic N) is 3. The standard InChI is InChI=1S/C26H33N5O2/c27-13-17-4-6-19(7-5-17)31-14-22(23-24(28)29-16-30-25(23)31)18-2-1-3-21(12-18)32-15-26-10-8-20(33-26)9-11-26/h1-3,12,14,16-17,19-20H,4-11,13,15,27H2,(H2,28,29,30). The van der Waals surface area contributed by atoms with Gasteiger partial charge in [-0.15, -0.1) is 0 Å². The van der Waals surface area contributed by atoms with Gasteiger partial charge in [-0.05, 0) is 81.5 Å². The van der Waals surface area contributed by atoms with Gasteiger partial charge < -0.3 is 25.5 Å². The normalized spacial score (nSPS) is 29.1. The van der Waals surface area contributed by atoms with Gasteiger partial charge in [0, 0.05) is 17.8 Å². The minimum Gasteiger partial charge on any atom is -0.491 e. The molecule has 3 fully saturated rings. The molecule has 3 aromatic rings. The molecule has 3 aliphatic rings. The second kappa shape index (κ2) is 8.29. The number of anilines is 1. The number of hydrogen-bond acceptors (Lipinski definition) is 6. The lowest BCUT2D eigenvalue weighted by Gasteiger charge is -2.29. The highest BCUT2D eigenvalue weighted by Gasteiger charge is 2.46. The van der Waals surface area contributed by atoms with E-state index in [4.69, 9.17) is 20.9 Å². The fourth-order valence-electron chi connectivity index (χ4n) is 6.12. The predicted molar refractivity (Wildman–Crippen MR) is 129 cm³/mol. The molecule has 0 spiro atoms. The Kier molecular flexibility index (Phi) is 5.26. The van der Waals surface area contributed by atoms with Gasteiger partial charge in [0.1, 0.15) is 35.7 Å². The Hall–Kier alpha value is -2.64. The van der Waals surface area contributed by atoms with Gasteiger partial charge in [-0.2, -0.15) is 0 Å². The van der Waals surface area contributed by atoms with Crippen molar-refractivity contribution in [1.29, 1.82) is 0 Å². The van der Waals surface area contributed by atoms with E-state index < -0.39 is 0 Å². The molecule has 33 heavy (non-hydrogen) atoms. The van der Waals surface area contributed by atoms with Crippen LogP contribution in [0.25, 0.3) is 22.2 Å². The summed E-state index contributed by atoms with van der Waals surface area (Å²) >= 11 is 0. The van der Waals surface area contributed by atoms with Gasteiger partial charge in [-0.3, -0.25) is 0 Å². The maximum atomic E-state index is 6.37. The first-order chi connectivity index (χ1) is 16.1. The Balaban J connectivity index is 1.31. The van der Waals surface area contributed by atoms with E-state index in [9.17, 15) is 0 Å². The quantitative estimate of drug-likeness (QED) is 0.578. The zero-order valence-corrected chi connectivity index (χ0v) is 19.1. The van der Waals surface area contributed by atoms with Crippen LogP contribution in [0.5, 0.6) is 5.75 Å². The Morgan fingerprint density at radius 3 is 2.64 bits per heavy atom. The van der Waals surface area contributed by atoms with Crippen LogP contribution in [-0.4, -0.2) is 39.4 Å². The summed E-state index contributed by atoms with van der Waals surface area (Å²) in [5.41, 5.74) is 15.2. The molecule has 174 valence electrons. The van der Waals surface area contributed by atoms with Crippen LogP contribution in [0.1, 0.15) is 57.4 Å². The summed E-state index contributed by atoms with van der Waals surface area (Å²) in [6, 6.07) is 8.69. The number of rotatable bonds is 6. The molecule has 2 aliphatic heterocycles. The average molecular weight is 448 g/mol. The molecule has 1 aliphatic carbocycles. The Morgan fingerprint density at radius 2 is 1.91 bits per heavy atom. The lowest BCUT2D eigenvalue weighted by Crippen LogP contribution is -2.32. The van der Waals surface area contributed by atoms with Gasteiger partial charge in [0.15, 0.2) is 0 Å². The topological polar surface area (TPSA) is 101 Å². The molecule has 1 aromatic carbocycles. The Morgan fingerprint density at radius 1 is 1.09 bits per heavy atom. The van der Waals surface area contributed by atoms with E-state index in [1.807, 2.05) is 12.1 Å². The highest BCUT2D eigenvalue weighted by atomic mass is 16.6. The molecule has 0 radical (unpaired) electrons. The SMILES string of the molecule is NCC1CCC(n2cc(-c3cccc(OCC45CCC(CC4)O5)c3)c3c(N)ncnc32)CC1. The van der Waals surface area contributed by atoms with Crippen LogP contribution in [0.2, 0.25) is 0 Å². The fourth-order valence-corrected chi connectivity index (χ4v) is 6.12. The highest BCUT2D eigenvalue weighted by molar-refractivity contribution is 6.00. The lowest BCUT2D eigenvalue weighted by atomic mass is 9.86. The Labute approximate surface area is 194 Å². The van der Waals surface area contributed by atoms with Crippen LogP contribution in [0.3, 0.4) is 0 Å². The van der Waals surface area contributed by atoms with E-state index in [-0.39, 0.29) is 5.60 Å². The van der Waals surface area contributed by atoms with Gasteiger partial charge in [0.25, 0.3) is 0 Å². The van der Waals surface area contributed by atoms with Crippen molar-refractivity contribution in [2.24, 2.45) is 11.7 Å². The molecule has 1 saturated carbocycles. The summed E-state index contributed by atoms with van der Waals surface area (Å²) in [7, 11) is 0. The van der Waals surface area contributed by atoms with E-state index in [0.717, 1.165) is 85.8 Å². The van der Waals surface area contributed by atoms with Crippen molar-refractivity contribution in [2.75, 3.05) is 18.9 Å². The number of hydrogen-bond donors (Lipinski definition) is 2. The van der Waals surface area contributed by atoms with E-state index in [2.05, 4.69) is 32.9 Å². The van der Waals surface area contributed by atoms with Gasteiger partial charge in [0.05, 0.1) is 11.5 Å². The van der Waals surface area contributed by atoms with E-state index in [0.29, 0.717) is 30.5 Å². The average Bonchev–Trinajstić information content (AvgIpc) is 3.57. The monoisotopic (exact) mass is 447 g/mol. The molecular formula is C26H33N5O2. The summed E-state index contributed by atoms with van der Waals surface area (Å²) in [5, 5.41) is 0.923. The molecule has 4 N–H and O–H groups in total. The summed E-state index contributed by atoms with van der Waals surface area (Å²) < 4.78 is 14.8. The smallest absolute Gasteiger partial charge is 0.146 e. The van der Waals surface area contributed by atoms with Gasteiger partial charge in [0.2, 0.25) is 0 Å². The van der Waals surface area contributed by atoms with Crippen LogP contribution in [0.4, 0.5) is 5.82 Å². The molecule has 7 heteroatoms. The van der Waals surface area contributed by atoms with E-state index >= 15 is 0 Å². The fraction of sp³-hybridized carbons (Fsp3) is 0.538. The molecule has 0 amide bonds. The van der Waals surface area contributed by atoms with Crippen LogP contribution in [0, 0.1) is 5.92 Å². The molecule has 7 nitrogen and oxygen atoms in total. The highest BCUT2D eigenvalue weighted by Crippen LogP contribution is 2.44. The first-order valence-electron chi connectivity index (χ1n) is 12.4. The first kappa shape index (κ1) is 20.9. The molecule has 2 saturated heterocycles. The molecule has 2 bridgehead atoms. The molecule has 4 heterocycles. The van der Waals surface area contributed by atoms with Gasteiger partial charge >= 0.3 is 0 Å². The van der Waals surface area contributed by atoms with Crippen molar-refractivity contribution < 1.29 is 9.47 Å².